The summed E-state index contributed by atoms with van der Waals surface area (Å²) >= 11 is 0. The first-order valence-electron chi connectivity index (χ1n) is 7.10. The molecule has 0 amide bonds. The summed E-state index contributed by atoms with van der Waals surface area (Å²) in [4.78, 5) is 0. The van der Waals surface area contributed by atoms with E-state index in [-0.39, 0.29) is 6.10 Å². The quantitative estimate of drug-likeness (QED) is 0.877. The van der Waals surface area contributed by atoms with E-state index in [9.17, 15) is 0 Å². The molecule has 108 valence electrons. The van der Waals surface area contributed by atoms with Gasteiger partial charge >= 0.3 is 0 Å². The van der Waals surface area contributed by atoms with E-state index in [2.05, 4.69) is 23.5 Å². The van der Waals surface area contributed by atoms with Crippen molar-refractivity contribution in [2.45, 2.75) is 39.8 Å². The molecule has 1 aromatic heterocycles. The lowest BCUT2D eigenvalue weighted by Gasteiger charge is -2.11. The molecule has 0 radical (unpaired) electrons. The average Bonchev–Trinajstić information content (AvgIpc) is 2.78. The molecule has 0 saturated heterocycles. The highest BCUT2D eigenvalue weighted by atomic mass is 16.5. The molecule has 0 bridgehead atoms. The topological polar surface area (TPSA) is 39.1 Å². The molecule has 20 heavy (non-hydrogen) atoms. The van der Waals surface area contributed by atoms with E-state index in [4.69, 9.17) is 4.74 Å². The summed E-state index contributed by atoms with van der Waals surface area (Å²) in [7, 11) is 1.96. The number of aryl methyl sites for hydroxylation is 2. The number of hydrogen-bond acceptors (Lipinski definition) is 3. The summed E-state index contributed by atoms with van der Waals surface area (Å²) in [6.45, 7) is 6.98. The van der Waals surface area contributed by atoms with Crippen molar-refractivity contribution >= 4 is 5.69 Å². The van der Waals surface area contributed by atoms with Gasteiger partial charge in [0, 0.05) is 31.0 Å². The predicted molar refractivity (Wildman–Crippen MR) is 82.1 cm³/mol. The molecule has 4 heteroatoms. The van der Waals surface area contributed by atoms with E-state index in [0.29, 0.717) is 0 Å². The summed E-state index contributed by atoms with van der Waals surface area (Å²) < 4.78 is 7.50. The van der Waals surface area contributed by atoms with Crippen molar-refractivity contribution in [1.29, 1.82) is 0 Å². The molecule has 4 nitrogen and oxygen atoms in total. The van der Waals surface area contributed by atoms with E-state index in [1.807, 2.05) is 49.8 Å². The summed E-state index contributed by atoms with van der Waals surface area (Å²) in [6, 6.07) is 8.07. The molecule has 0 fully saturated rings. The van der Waals surface area contributed by atoms with Crippen LogP contribution in [-0.2, 0) is 20.0 Å². The Morgan fingerprint density at radius 2 is 1.95 bits per heavy atom. The van der Waals surface area contributed by atoms with Gasteiger partial charge in [-0.3, -0.25) is 4.68 Å². The maximum absolute atomic E-state index is 5.63. The lowest BCUT2D eigenvalue weighted by molar-refractivity contribution is 0.242. The van der Waals surface area contributed by atoms with Gasteiger partial charge in [-0.1, -0.05) is 6.92 Å². The molecule has 1 heterocycles. The van der Waals surface area contributed by atoms with E-state index in [1.54, 1.807) is 0 Å². The Kier molecular flexibility index (Phi) is 4.66. The van der Waals surface area contributed by atoms with Crippen molar-refractivity contribution in [2.75, 3.05) is 5.32 Å². The smallest absolute Gasteiger partial charge is 0.119 e. The van der Waals surface area contributed by atoms with Crippen LogP contribution in [0.1, 0.15) is 32.0 Å². The van der Waals surface area contributed by atoms with Crippen molar-refractivity contribution in [3.63, 3.8) is 0 Å². The second-order valence-corrected chi connectivity index (χ2v) is 5.17. The normalized spacial score (nSPS) is 10.8. The van der Waals surface area contributed by atoms with Gasteiger partial charge in [0.25, 0.3) is 0 Å². The lowest BCUT2D eigenvalue weighted by Crippen LogP contribution is -2.05. The minimum absolute atomic E-state index is 0.205. The van der Waals surface area contributed by atoms with Crippen LogP contribution in [0.15, 0.2) is 30.5 Å². The average molecular weight is 273 g/mol. The standard InChI is InChI=1S/C16H23N3O/c1-5-16-13(11-19(4)18-16)10-17-14-6-8-15(9-7-14)20-12(2)3/h6-9,11-12,17H,5,10H2,1-4H3. The highest BCUT2D eigenvalue weighted by molar-refractivity contribution is 5.47. The highest BCUT2D eigenvalue weighted by Crippen LogP contribution is 2.18. The van der Waals surface area contributed by atoms with Crippen LogP contribution in [0.2, 0.25) is 0 Å². The highest BCUT2D eigenvalue weighted by Gasteiger charge is 2.05. The Labute approximate surface area is 120 Å². The minimum atomic E-state index is 0.205. The van der Waals surface area contributed by atoms with Crippen molar-refractivity contribution in [1.82, 2.24) is 9.78 Å². The van der Waals surface area contributed by atoms with E-state index >= 15 is 0 Å². The van der Waals surface area contributed by atoms with Crippen LogP contribution in [-0.4, -0.2) is 15.9 Å². The fourth-order valence-electron chi connectivity index (χ4n) is 2.15. The molecule has 2 aromatic rings. The molecular weight excluding hydrogens is 250 g/mol. The van der Waals surface area contributed by atoms with Gasteiger partial charge < -0.3 is 10.1 Å². The number of anilines is 1. The van der Waals surface area contributed by atoms with Gasteiger partial charge in [0.15, 0.2) is 0 Å². The molecule has 2 rings (SSSR count). The maximum atomic E-state index is 5.63. The van der Waals surface area contributed by atoms with Crippen LogP contribution >= 0.6 is 0 Å². The Balaban J connectivity index is 1.96. The lowest BCUT2D eigenvalue weighted by atomic mass is 10.2. The Morgan fingerprint density at radius 1 is 1.25 bits per heavy atom. The number of ether oxygens (including phenoxy) is 1. The summed E-state index contributed by atoms with van der Waals surface area (Å²) in [6.07, 6.45) is 3.23. The van der Waals surface area contributed by atoms with Crippen LogP contribution in [0.25, 0.3) is 0 Å². The molecule has 0 unspecified atom stereocenters. The molecule has 0 aliphatic rings. The van der Waals surface area contributed by atoms with Crippen molar-refractivity contribution in [3.05, 3.63) is 41.7 Å². The zero-order valence-corrected chi connectivity index (χ0v) is 12.7. The van der Waals surface area contributed by atoms with Crippen LogP contribution in [0, 0.1) is 0 Å². The first kappa shape index (κ1) is 14.4. The second-order valence-electron chi connectivity index (χ2n) is 5.17. The fraction of sp³-hybridized carbons (Fsp3) is 0.438. The summed E-state index contributed by atoms with van der Waals surface area (Å²) in [5.41, 5.74) is 3.49. The van der Waals surface area contributed by atoms with E-state index < -0.39 is 0 Å². The third-order valence-electron chi connectivity index (χ3n) is 3.04. The zero-order chi connectivity index (χ0) is 14.5. The van der Waals surface area contributed by atoms with Crippen LogP contribution in [0.4, 0.5) is 5.69 Å². The van der Waals surface area contributed by atoms with E-state index in [0.717, 1.165) is 30.1 Å². The minimum Gasteiger partial charge on any atom is -0.491 e. The number of nitrogens with zero attached hydrogens (tertiary/aromatic N) is 2. The third kappa shape index (κ3) is 3.76. The molecule has 1 N–H and O–H groups in total. The number of aromatic nitrogens is 2. The number of hydrogen-bond donors (Lipinski definition) is 1. The number of nitrogens with one attached hydrogen (secondary N) is 1. The van der Waals surface area contributed by atoms with Crippen molar-refractivity contribution < 1.29 is 4.74 Å². The molecule has 0 atom stereocenters. The third-order valence-corrected chi connectivity index (χ3v) is 3.04. The van der Waals surface area contributed by atoms with E-state index in [1.165, 1.54) is 5.56 Å². The first-order chi connectivity index (χ1) is 9.58. The maximum Gasteiger partial charge on any atom is 0.119 e. The molecule has 0 aliphatic heterocycles. The van der Waals surface area contributed by atoms with Crippen molar-refractivity contribution in [3.8, 4) is 5.75 Å². The Morgan fingerprint density at radius 3 is 2.55 bits per heavy atom. The van der Waals surface area contributed by atoms with Crippen LogP contribution in [0.3, 0.4) is 0 Å². The van der Waals surface area contributed by atoms with Gasteiger partial charge in [-0.25, -0.2) is 0 Å². The zero-order valence-electron chi connectivity index (χ0n) is 12.7. The monoisotopic (exact) mass is 273 g/mol. The largest absolute Gasteiger partial charge is 0.491 e. The van der Waals surface area contributed by atoms with Gasteiger partial charge in [0.1, 0.15) is 5.75 Å². The predicted octanol–water partition coefficient (Wildman–Crippen LogP) is 3.38. The summed E-state index contributed by atoms with van der Waals surface area (Å²) in [5, 5.41) is 7.87. The Bertz CT molecular complexity index is 543. The SMILES string of the molecule is CCc1nn(C)cc1CNc1ccc(OC(C)C)cc1. The van der Waals surface area contributed by atoms with Crippen LogP contribution in [0.5, 0.6) is 5.75 Å². The van der Waals surface area contributed by atoms with Gasteiger partial charge in [0.2, 0.25) is 0 Å². The van der Waals surface area contributed by atoms with Gasteiger partial charge in [-0.05, 0) is 44.5 Å². The molecule has 1 aromatic carbocycles. The number of rotatable bonds is 6. The van der Waals surface area contributed by atoms with Gasteiger partial charge in [-0.2, -0.15) is 5.10 Å². The van der Waals surface area contributed by atoms with Crippen LogP contribution < -0.4 is 10.1 Å². The number of benzene rings is 1. The molecule has 0 aliphatic carbocycles. The molecule has 0 saturated carbocycles. The second kappa shape index (κ2) is 6.46. The molecular formula is C16H23N3O. The van der Waals surface area contributed by atoms with Gasteiger partial charge in [-0.15, -0.1) is 0 Å². The molecule has 0 spiro atoms. The summed E-state index contributed by atoms with van der Waals surface area (Å²) in [5.74, 6) is 0.904. The first-order valence-corrected chi connectivity index (χ1v) is 7.10. The fourth-order valence-corrected chi connectivity index (χ4v) is 2.15. The Hall–Kier alpha value is -1.97. The van der Waals surface area contributed by atoms with Crippen molar-refractivity contribution in [2.24, 2.45) is 7.05 Å². The van der Waals surface area contributed by atoms with Gasteiger partial charge in [0.05, 0.1) is 11.8 Å².